The Morgan fingerprint density at radius 2 is 2.00 bits per heavy atom. The lowest BCUT2D eigenvalue weighted by Gasteiger charge is -2.23. The number of carboxylic acid groups (broad SMARTS) is 1. The number of amidine groups is 1. The van der Waals surface area contributed by atoms with Crippen LogP contribution in [0.5, 0.6) is 0 Å². The summed E-state index contributed by atoms with van der Waals surface area (Å²) in [7, 11) is 0. The van der Waals surface area contributed by atoms with Crippen LogP contribution in [0.4, 0.5) is 0 Å². The lowest BCUT2D eigenvalue weighted by Crippen LogP contribution is -2.47. The molecule has 0 aliphatic rings. The van der Waals surface area contributed by atoms with Gasteiger partial charge >= 0.3 is 5.97 Å². The Morgan fingerprint density at radius 3 is 2.50 bits per heavy atom. The molecule has 5 nitrogen and oxygen atoms in total. The Hall–Kier alpha value is -0.750. The van der Waals surface area contributed by atoms with Gasteiger partial charge in [0.05, 0.1) is 0 Å². The van der Waals surface area contributed by atoms with Crippen LogP contribution in [0.25, 0.3) is 0 Å². The number of hydrogen-bond donors (Lipinski definition) is 3. The lowest BCUT2D eigenvalue weighted by atomic mass is 9.90. The van der Waals surface area contributed by atoms with E-state index in [1.54, 1.807) is 0 Å². The van der Waals surface area contributed by atoms with Crippen LogP contribution in [0.1, 0.15) is 46.0 Å². The van der Waals surface area contributed by atoms with Crippen molar-refractivity contribution in [2.75, 3.05) is 12.3 Å². The van der Waals surface area contributed by atoms with Crippen molar-refractivity contribution in [2.45, 2.75) is 51.5 Å². The molecule has 18 heavy (non-hydrogen) atoms. The summed E-state index contributed by atoms with van der Waals surface area (Å²) in [5.74, 6) is 0.0304. The molecule has 6 heteroatoms. The molecule has 0 amide bonds. The highest BCUT2D eigenvalue weighted by Gasteiger charge is 2.31. The van der Waals surface area contributed by atoms with Crippen molar-refractivity contribution in [3.63, 3.8) is 0 Å². The maximum atomic E-state index is 11.1. The second kappa shape index (κ2) is 9.22. The van der Waals surface area contributed by atoms with Gasteiger partial charge in [0, 0.05) is 12.3 Å². The standard InChI is InChI=1S/C12H25N3O2S/c1-3-6-12(14,10(16)17)7-5-8-15-11(13)18-9-4-2/h3-9,14H2,1-2H3,(H2,13,15)(H,16,17)/t12-/m0/s1. The van der Waals surface area contributed by atoms with Gasteiger partial charge in [0.25, 0.3) is 0 Å². The normalized spacial score (nSPS) is 15.4. The molecule has 1 atom stereocenters. The van der Waals surface area contributed by atoms with E-state index in [-0.39, 0.29) is 0 Å². The molecule has 0 unspecified atom stereocenters. The summed E-state index contributed by atoms with van der Waals surface area (Å²) in [4.78, 5) is 15.3. The number of nitrogens with zero attached hydrogens (tertiary/aromatic N) is 1. The van der Waals surface area contributed by atoms with Crippen molar-refractivity contribution >= 4 is 22.9 Å². The summed E-state index contributed by atoms with van der Waals surface area (Å²) >= 11 is 1.53. The van der Waals surface area contributed by atoms with E-state index in [1.807, 2.05) is 6.92 Å². The molecule has 0 aromatic heterocycles. The topological polar surface area (TPSA) is 102 Å². The van der Waals surface area contributed by atoms with Crippen LogP contribution in [-0.2, 0) is 4.79 Å². The maximum absolute atomic E-state index is 11.1. The molecular formula is C12H25N3O2S. The van der Waals surface area contributed by atoms with Crippen LogP contribution in [0.2, 0.25) is 0 Å². The van der Waals surface area contributed by atoms with Crippen molar-refractivity contribution < 1.29 is 9.90 Å². The quantitative estimate of drug-likeness (QED) is 0.338. The highest BCUT2D eigenvalue weighted by molar-refractivity contribution is 8.13. The van der Waals surface area contributed by atoms with Crippen molar-refractivity contribution in [3.05, 3.63) is 0 Å². The van der Waals surface area contributed by atoms with Crippen LogP contribution in [0.3, 0.4) is 0 Å². The smallest absolute Gasteiger partial charge is 0.323 e. The van der Waals surface area contributed by atoms with E-state index >= 15 is 0 Å². The van der Waals surface area contributed by atoms with Crippen LogP contribution >= 0.6 is 11.8 Å². The highest BCUT2D eigenvalue weighted by Crippen LogP contribution is 2.17. The Balaban J connectivity index is 4.04. The summed E-state index contributed by atoms with van der Waals surface area (Å²) in [6, 6.07) is 0. The highest BCUT2D eigenvalue weighted by atomic mass is 32.2. The molecule has 0 aromatic carbocycles. The predicted molar refractivity (Wildman–Crippen MR) is 77.9 cm³/mol. The minimum Gasteiger partial charge on any atom is -0.480 e. The number of aliphatic imine (C=N–C) groups is 1. The summed E-state index contributed by atoms with van der Waals surface area (Å²) in [6.07, 6.45) is 3.40. The molecule has 0 bridgehead atoms. The van der Waals surface area contributed by atoms with Gasteiger partial charge in [0.15, 0.2) is 5.17 Å². The Kier molecular flexibility index (Phi) is 8.83. The Morgan fingerprint density at radius 1 is 1.33 bits per heavy atom. The van der Waals surface area contributed by atoms with Gasteiger partial charge in [-0.1, -0.05) is 32.0 Å². The Bertz CT molecular complexity index is 284. The Labute approximate surface area is 113 Å². The van der Waals surface area contributed by atoms with E-state index in [1.165, 1.54) is 11.8 Å². The summed E-state index contributed by atoms with van der Waals surface area (Å²) < 4.78 is 0. The molecule has 0 rings (SSSR count). The van der Waals surface area contributed by atoms with Crippen molar-refractivity contribution in [1.82, 2.24) is 0 Å². The second-order valence-electron chi connectivity index (χ2n) is 4.38. The van der Waals surface area contributed by atoms with Gasteiger partial charge in [-0.25, -0.2) is 0 Å². The fourth-order valence-electron chi connectivity index (χ4n) is 1.62. The molecule has 5 N–H and O–H groups in total. The van der Waals surface area contributed by atoms with E-state index in [0.29, 0.717) is 31.0 Å². The predicted octanol–water partition coefficient (Wildman–Crippen LogP) is 1.81. The zero-order chi connectivity index (χ0) is 14.0. The van der Waals surface area contributed by atoms with Gasteiger partial charge in [-0.05, 0) is 25.7 Å². The molecular weight excluding hydrogens is 250 g/mol. The number of nitrogens with two attached hydrogens (primary N) is 2. The van der Waals surface area contributed by atoms with Crippen LogP contribution in [0, 0.1) is 0 Å². The number of aliphatic carboxylic acids is 1. The fourth-order valence-corrected chi connectivity index (χ4v) is 2.22. The molecule has 0 aliphatic carbocycles. The molecule has 0 radical (unpaired) electrons. The lowest BCUT2D eigenvalue weighted by molar-refractivity contribution is -0.144. The zero-order valence-electron chi connectivity index (χ0n) is 11.3. The first-order valence-electron chi connectivity index (χ1n) is 6.41. The van der Waals surface area contributed by atoms with Crippen molar-refractivity contribution in [2.24, 2.45) is 16.5 Å². The van der Waals surface area contributed by atoms with Gasteiger partial charge in [-0.2, -0.15) is 0 Å². The summed E-state index contributed by atoms with van der Waals surface area (Å²) in [5, 5.41) is 9.67. The largest absolute Gasteiger partial charge is 0.480 e. The van der Waals surface area contributed by atoms with Crippen LogP contribution in [0.15, 0.2) is 4.99 Å². The molecule has 0 aliphatic heterocycles. The molecule has 0 fully saturated rings. The number of thioether (sulfide) groups is 1. The number of carbonyl (C=O) groups is 1. The van der Waals surface area contributed by atoms with Crippen molar-refractivity contribution in [3.8, 4) is 0 Å². The van der Waals surface area contributed by atoms with E-state index < -0.39 is 11.5 Å². The first-order chi connectivity index (χ1) is 8.46. The maximum Gasteiger partial charge on any atom is 0.323 e. The first kappa shape index (κ1) is 17.2. The van der Waals surface area contributed by atoms with E-state index in [4.69, 9.17) is 16.6 Å². The van der Waals surface area contributed by atoms with E-state index in [0.717, 1.165) is 18.6 Å². The van der Waals surface area contributed by atoms with Crippen LogP contribution in [-0.4, -0.2) is 34.1 Å². The molecule has 106 valence electrons. The average Bonchev–Trinajstić information content (AvgIpc) is 2.32. The summed E-state index contributed by atoms with van der Waals surface area (Å²) in [5.41, 5.74) is 10.4. The molecule has 0 saturated heterocycles. The molecule has 0 aromatic rings. The van der Waals surface area contributed by atoms with E-state index in [9.17, 15) is 4.79 Å². The number of rotatable bonds is 9. The minimum atomic E-state index is -1.12. The zero-order valence-corrected chi connectivity index (χ0v) is 12.1. The van der Waals surface area contributed by atoms with Gasteiger partial charge in [-0.15, -0.1) is 0 Å². The van der Waals surface area contributed by atoms with Gasteiger partial charge in [-0.3, -0.25) is 9.79 Å². The third-order valence-corrected chi connectivity index (χ3v) is 3.66. The minimum absolute atomic E-state index is 0.436. The first-order valence-corrected chi connectivity index (χ1v) is 7.39. The van der Waals surface area contributed by atoms with Gasteiger partial charge in [0.1, 0.15) is 5.54 Å². The average molecular weight is 275 g/mol. The SMILES string of the molecule is CCCSC(N)=NCCC[C@@](N)(CCC)C(=O)O. The number of carboxylic acids is 1. The third-order valence-electron chi connectivity index (χ3n) is 2.62. The van der Waals surface area contributed by atoms with E-state index in [2.05, 4.69) is 11.9 Å². The third kappa shape index (κ3) is 6.86. The molecule has 0 heterocycles. The monoisotopic (exact) mass is 275 g/mol. The summed E-state index contributed by atoms with van der Waals surface area (Å²) in [6.45, 7) is 4.56. The fraction of sp³-hybridized carbons (Fsp3) is 0.833. The van der Waals surface area contributed by atoms with Gasteiger partial charge < -0.3 is 16.6 Å². The number of hydrogen-bond acceptors (Lipinski definition) is 4. The van der Waals surface area contributed by atoms with Crippen LogP contribution < -0.4 is 11.5 Å². The molecule has 0 saturated carbocycles. The van der Waals surface area contributed by atoms with Crippen molar-refractivity contribution in [1.29, 1.82) is 0 Å². The second-order valence-corrected chi connectivity index (χ2v) is 5.50. The van der Waals surface area contributed by atoms with Gasteiger partial charge in [0.2, 0.25) is 0 Å². The molecule has 0 spiro atoms.